The van der Waals surface area contributed by atoms with Gasteiger partial charge in [-0.2, -0.15) is 0 Å². The number of nitrogens with one attached hydrogen (secondary N) is 1. The number of halogens is 1. The molecular weight excluding hydrogens is 310 g/mol. The topological polar surface area (TPSA) is 62.3 Å². The Morgan fingerprint density at radius 3 is 2.89 bits per heavy atom. The van der Waals surface area contributed by atoms with Crippen molar-refractivity contribution in [3.05, 3.63) is 28.5 Å². The van der Waals surface area contributed by atoms with E-state index in [-0.39, 0.29) is 17.9 Å². The molecule has 0 spiro atoms. The third-order valence-corrected chi connectivity index (χ3v) is 3.88. The molecule has 6 heteroatoms. The molecule has 1 aliphatic carbocycles. The Morgan fingerprint density at radius 1 is 1.42 bits per heavy atom. The first kappa shape index (κ1) is 12.6. The van der Waals surface area contributed by atoms with E-state index in [1.54, 1.807) is 12.3 Å². The van der Waals surface area contributed by atoms with Gasteiger partial charge in [0, 0.05) is 35.9 Å². The van der Waals surface area contributed by atoms with Crippen LogP contribution in [0.25, 0.3) is 0 Å². The molecule has 19 heavy (non-hydrogen) atoms. The zero-order valence-corrected chi connectivity index (χ0v) is 11.9. The summed E-state index contributed by atoms with van der Waals surface area (Å²) in [5.41, 5.74) is 0.506. The standard InChI is InChI=1S/C13H14BrN3O2/c14-9-3-8(5-15-6-9)13(19)16-10-4-12(18)17(7-10)11-1-2-11/h3,5-6,10-11H,1-2,4,7H2,(H,16,19)/t10-/m1/s1. The quantitative estimate of drug-likeness (QED) is 0.913. The van der Waals surface area contributed by atoms with Crippen molar-refractivity contribution in [2.45, 2.75) is 31.3 Å². The van der Waals surface area contributed by atoms with Gasteiger partial charge < -0.3 is 10.2 Å². The fourth-order valence-electron chi connectivity index (χ4n) is 2.37. The van der Waals surface area contributed by atoms with E-state index in [1.165, 1.54) is 6.20 Å². The Kier molecular flexibility index (Phi) is 3.26. The highest BCUT2D eigenvalue weighted by molar-refractivity contribution is 9.10. The number of hydrogen-bond acceptors (Lipinski definition) is 3. The van der Waals surface area contributed by atoms with E-state index in [0.717, 1.165) is 17.3 Å². The first-order chi connectivity index (χ1) is 9.13. The molecular formula is C13H14BrN3O2. The van der Waals surface area contributed by atoms with E-state index in [1.807, 2.05) is 4.90 Å². The lowest BCUT2D eigenvalue weighted by atomic mass is 10.2. The molecule has 1 saturated heterocycles. The number of carbonyl (C=O) groups excluding carboxylic acids is 2. The van der Waals surface area contributed by atoms with Crippen LogP contribution in [0.3, 0.4) is 0 Å². The van der Waals surface area contributed by atoms with Crippen LogP contribution in [0.1, 0.15) is 29.6 Å². The van der Waals surface area contributed by atoms with Crippen LogP contribution in [0.2, 0.25) is 0 Å². The molecule has 0 radical (unpaired) electrons. The maximum absolute atomic E-state index is 12.0. The van der Waals surface area contributed by atoms with Gasteiger partial charge in [0.15, 0.2) is 0 Å². The Bertz CT molecular complexity index is 530. The number of nitrogens with zero attached hydrogens (tertiary/aromatic N) is 2. The summed E-state index contributed by atoms with van der Waals surface area (Å²) in [6.45, 7) is 0.636. The normalized spacial score (nSPS) is 22.7. The highest BCUT2D eigenvalue weighted by Crippen LogP contribution is 2.30. The molecule has 1 aromatic rings. The number of carbonyl (C=O) groups is 2. The minimum absolute atomic E-state index is 0.0837. The van der Waals surface area contributed by atoms with E-state index in [2.05, 4.69) is 26.2 Å². The molecule has 1 saturated carbocycles. The van der Waals surface area contributed by atoms with Gasteiger partial charge in [0.1, 0.15) is 0 Å². The molecule has 1 atom stereocenters. The van der Waals surface area contributed by atoms with Crippen molar-refractivity contribution >= 4 is 27.7 Å². The fourth-order valence-corrected chi connectivity index (χ4v) is 2.74. The summed E-state index contributed by atoms with van der Waals surface area (Å²) >= 11 is 3.28. The lowest BCUT2D eigenvalue weighted by Gasteiger charge is -2.16. The monoisotopic (exact) mass is 323 g/mol. The van der Waals surface area contributed by atoms with Gasteiger partial charge in [0.25, 0.3) is 5.91 Å². The predicted octanol–water partition coefficient (Wildman–Crippen LogP) is 1.34. The number of pyridine rings is 1. The van der Waals surface area contributed by atoms with Crippen molar-refractivity contribution in [1.29, 1.82) is 0 Å². The number of hydrogen-bond donors (Lipinski definition) is 1. The molecule has 2 fully saturated rings. The average Bonchev–Trinajstić information content (AvgIpc) is 3.14. The first-order valence-corrected chi connectivity index (χ1v) is 7.13. The lowest BCUT2D eigenvalue weighted by molar-refractivity contribution is -0.128. The second-order valence-corrected chi connectivity index (χ2v) is 5.96. The van der Waals surface area contributed by atoms with Crippen molar-refractivity contribution in [2.24, 2.45) is 0 Å². The SMILES string of the molecule is O=C(N[C@@H]1CC(=O)N(C2CC2)C1)c1cncc(Br)c1. The summed E-state index contributed by atoms with van der Waals surface area (Å²) in [5.74, 6) is -0.0237. The molecule has 1 aromatic heterocycles. The van der Waals surface area contributed by atoms with E-state index in [0.29, 0.717) is 24.6 Å². The summed E-state index contributed by atoms with van der Waals surface area (Å²) in [7, 11) is 0. The largest absolute Gasteiger partial charge is 0.347 e. The van der Waals surface area contributed by atoms with Crippen molar-refractivity contribution in [3.8, 4) is 0 Å². The number of rotatable bonds is 3. The van der Waals surface area contributed by atoms with Gasteiger partial charge >= 0.3 is 0 Å². The summed E-state index contributed by atoms with van der Waals surface area (Å²) in [6, 6.07) is 2.05. The minimum atomic E-state index is -0.177. The third kappa shape index (κ3) is 2.78. The van der Waals surface area contributed by atoms with Gasteiger partial charge in [-0.05, 0) is 34.8 Å². The number of aromatic nitrogens is 1. The van der Waals surface area contributed by atoms with Crippen molar-refractivity contribution in [3.63, 3.8) is 0 Å². The number of amides is 2. The molecule has 2 heterocycles. The summed E-state index contributed by atoms with van der Waals surface area (Å²) in [4.78, 5) is 29.7. The third-order valence-electron chi connectivity index (χ3n) is 3.45. The Balaban J connectivity index is 1.62. The maximum atomic E-state index is 12.0. The molecule has 100 valence electrons. The Hall–Kier alpha value is -1.43. The van der Waals surface area contributed by atoms with Gasteiger partial charge in [-0.3, -0.25) is 14.6 Å². The Labute approximate surface area is 119 Å². The maximum Gasteiger partial charge on any atom is 0.253 e. The minimum Gasteiger partial charge on any atom is -0.347 e. The highest BCUT2D eigenvalue weighted by atomic mass is 79.9. The van der Waals surface area contributed by atoms with Crippen molar-refractivity contribution in [1.82, 2.24) is 15.2 Å². The zero-order chi connectivity index (χ0) is 13.4. The zero-order valence-electron chi connectivity index (χ0n) is 10.3. The van der Waals surface area contributed by atoms with Crippen LogP contribution in [-0.2, 0) is 4.79 Å². The van der Waals surface area contributed by atoms with Gasteiger partial charge in [0.2, 0.25) is 5.91 Å². The summed E-state index contributed by atoms with van der Waals surface area (Å²) in [6.07, 6.45) is 5.76. The molecule has 1 aliphatic heterocycles. The van der Waals surface area contributed by atoms with Crippen molar-refractivity contribution in [2.75, 3.05) is 6.54 Å². The summed E-state index contributed by atoms with van der Waals surface area (Å²) < 4.78 is 0.766. The molecule has 1 N–H and O–H groups in total. The van der Waals surface area contributed by atoms with Crippen LogP contribution in [0.15, 0.2) is 22.9 Å². The fraction of sp³-hybridized carbons (Fsp3) is 0.462. The lowest BCUT2D eigenvalue weighted by Crippen LogP contribution is -2.37. The van der Waals surface area contributed by atoms with E-state index >= 15 is 0 Å². The molecule has 3 rings (SSSR count). The van der Waals surface area contributed by atoms with Crippen LogP contribution in [-0.4, -0.2) is 40.3 Å². The van der Waals surface area contributed by atoms with Crippen LogP contribution in [0.5, 0.6) is 0 Å². The smallest absolute Gasteiger partial charge is 0.253 e. The van der Waals surface area contributed by atoms with Gasteiger partial charge in [-0.1, -0.05) is 0 Å². The van der Waals surface area contributed by atoms with E-state index in [9.17, 15) is 9.59 Å². The predicted molar refractivity (Wildman–Crippen MR) is 72.5 cm³/mol. The number of likely N-dealkylation sites (tertiary alicyclic amines) is 1. The van der Waals surface area contributed by atoms with Crippen LogP contribution < -0.4 is 5.32 Å². The van der Waals surface area contributed by atoms with Crippen molar-refractivity contribution < 1.29 is 9.59 Å². The van der Waals surface area contributed by atoms with Gasteiger partial charge in [-0.15, -0.1) is 0 Å². The molecule has 0 aromatic carbocycles. The second kappa shape index (κ2) is 4.92. The van der Waals surface area contributed by atoms with E-state index < -0.39 is 0 Å². The average molecular weight is 324 g/mol. The molecule has 2 aliphatic rings. The van der Waals surface area contributed by atoms with Gasteiger partial charge in [0.05, 0.1) is 11.6 Å². The van der Waals surface area contributed by atoms with E-state index in [4.69, 9.17) is 0 Å². The van der Waals surface area contributed by atoms with Crippen LogP contribution in [0.4, 0.5) is 0 Å². The molecule has 5 nitrogen and oxygen atoms in total. The molecule has 2 amide bonds. The molecule has 0 bridgehead atoms. The first-order valence-electron chi connectivity index (χ1n) is 6.34. The van der Waals surface area contributed by atoms with Gasteiger partial charge in [-0.25, -0.2) is 0 Å². The van der Waals surface area contributed by atoms with Crippen LogP contribution >= 0.6 is 15.9 Å². The van der Waals surface area contributed by atoms with Crippen LogP contribution in [0, 0.1) is 0 Å². The second-order valence-electron chi connectivity index (χ2n) is 5.04. The summed E-state index contributed by atoms with van der Waals surface area (Å²) in [5, 5.41) is 2.90. The Morgan fingerprint density at radius 2 is 2.21 bits per heavy atom. The highest BCUT2D eigenvalue weighted by Gasteiger charge is 2.39. The molecule has 0 unspecified atom stereocenters.